The van der Waals surface area contributed by atoms with Crippen molar-refractivity contribution in [2.24, 2.45) is 4.99 Å². The Labute approximate surface area is 160 Å². The number of halogens is 3. The molecule has 0 fully saturated rings. The van der Waals surface area contributed by atoms with Crippen molar-refractivity contribution in [3.63, 3.8) is 0 Å². The topological polar surface area (TPSA) is 83.5 Å². The zero-order valence-corrected chi connectivity index (χ0v) is 15.3. The molecule has 0 aliphatic carbocycles. The summed E-state index contributed by atoms with van der Waals surface area (Å²) in [6.45, 7) is 1.36. The molecule has 10 heteroatoms. The predicted molar refractivity (Wildman–Crippen MR) is 99.3 cm³/mol. The van der Waals surface area contributed by atoms with E-state index in [0.717, 1.165) is 30.0 Å². The number of ether oxygens (including phenoxy) is 1. The summed E-state index contributed by atoms with van der Waals surface area (Å²) < 4.78 is 43.7. The Morgan fingerprint density at radius 1 is 1.25 bits per heavy atom. The van der Waals surface area contributed by atoms with Gasteiger partial charge in [0.15, 0.2) is 5.96 Å². The number of rotatable bonds is 5. The molecule has 1 aliphatic heterocycles. The van der Waals surface area contributed by atoms with E-state index in [4.69, 9.17) is 4.74 Å². The van der Waals surface area contributed by atoms with Crippen LogP contribution < -0.4 is 20.7 Å². The fourth-order valence-electron chi connectivity index (χ4n) is 2.81. The van der Waals surface area contributed by atoms with Gasteiger partial charge in [-0.05, 0) is 12.1 Å². The molecule has 3 N–H and O–H groups in total. The number of guanidine groups is 1. The first-order valence-electron chi connectivity index (χ1n) is 8.80. The predicted octanol–water partition coefficient (Wildman–Crippen LogP) is 2.60. The summed E-state index contributed by atoms with van der Waals surface area (Å²) in [5.74, 6) is 1.37. The maximum Gasteiger partial charge on any atom is 0.433 e. The van der Waals surface area contributed by atoms with Gasteiger partial charge in [0, 0.05) is 38.3 Å². The van der Waals surface area contributed by atoms with Crippen LogP contribution in [0.1, 0.15) is 23.7 Å². The van der Waals surface area contributed by atoms with Crippen molar-refractivity contribution in [1.29, 1.82) is 0 Å². The standard InChI is InChI=1S/C18H21F3N6O/c1-22-16(26-13-7-11-28-14-5-3-2-4-12(13)14)24-9-10-25-17-23-8-6-15(27-17)18(19,20)21/h2-6,8,13H,7,9-11H2,1H3,(H2,22,24,26)(H,23,25,27). The van der Waals surface area contributed by atoms with Crippen LogP contribution in [-0.2, 0) is 6.18 Å². The Morgan fingerprint density at radius 2 is 2.07 bits per heavy atom. The van der Waals surface area contributed by atoms with Crippen molar-refractivity contribution in [2.45, 2.75) is 18.6 Å². The van der Waals surface area contributed by atoms with Crippen LogP contribution in [0.4, 0.5) is 19.1 Å². The summed E-state index contributed by atoms with van der Waals surface area (Å²) in [6.07, 6.45) is -2.62. The summed E-state index contributed by atoms with van der Waals surface area (Å²) in [6, 6.07) is 8.72. The van der Waals surface area contributed by atoms with Crippen molar-refractivity contribution < 1.29 is 17.9 Å². The number of aromatic nitrogens is 2. The molecule has 0 spiro atoms. The Hall–Kier alpha value is -3.04. The Bertz CT molecular complexity index is 827. The Balaban J connectivity index is 1.49. The lowest BCUT2D eigenvalue weighted by Crippen LogP contribution is -2.42. The molecule has 0 saturated heterocycles. The van der Waals surface area contributed by atoms with E-state index >= 15 is 0 Å². The second kappa shape index (κ2) is 8.77. The smallest absolute Gasteiger partial charge is 0.433 e. The van der Waals surface area contributed by atoms with E-state index < -0.39 is 11.9 Å². The molecule has 3 rings (SSSR count). The number of anilines is 1. The maximum absolute atomic E-state index is 12.7. The number of nitrogens with one attached hydrogen (secondary N) is 3. The summed E-state index contributed by atoms with van der Waals surface area (Å²) in [4.78, 5) is 11.5. The summed E-state index contributed by atoms with van der Waals surface area (Å²) in [5.41, 5.74) is 0.0841. The lowest BCUT2D eigenvalue weighted by atomic mass is 10.0. The second-order valence-electron chi connectivity index (χ2n) is 6.06. The van der Waals surface area contributed by atoms with Crippen molar-refractivity contribution in [1.82, 2.24) is 20.6 Å². The average molecular weight is 394 g/mol. The summed E-state index contributed by atoms with van der Waals surface area (Å²) >= 11 is 0. The van der Waals surface area contributed by atoms with Crippen molar-refractivity contribution >= 4 is 11.9 Å². The van der Waals surface area contributed by atoms with Gasteiger partial charge in [-0.25, -0.2) is 9.97 Å². The number of alkyl halides is 3. The molecule has 1 aromatic carbocycles. The zero-order valence-electron chi connectivity index (χ0n) is 15.3. The third-order valence-corrected chi connectivity index (χ3v) is 4.14. The van der Waals surface area contributed by atoms with Gasteiger partial charge in [0.2, 0.25) is 5.95 Å². The molecule has 0 amide bonds. The molecule has 150 valence electrons. The lowest BCUT2D eigenvalue weighted by molar-refractivity contribution is -0.141. The molecule has 1 aliphatic rings. The van der Waals surface area contributed by atoms with Gasteiger partial charge in [-0.1, -0.05) is 18.2 Å². The molecular weight excluding hydrogens is 373 g/mol. The number of aliphatic imine (C=N–C) groups is 1. The number of para-hydroxylation sites is 1. The summed E-state index contributed by atoms with van der Waals surface area (Å²) in [5, 5.41) is 9.23. The fourth-order valence-corrected chi connectivity index (χ4v) is 2.81. The first-order valence-corrected chi connectivity index (χ1v) is 8.80. The van der Waals surface area contributed by atoms with Gasteiger partial charge in [-0.15, -0.1) is 0 Å². The SMILES string of the molecule is CN=C(NCCNc1nccc(C(F)(F)F)n1)NC1CCOc2ccccc21. The third kappa shape index (κ3) is 5.02. The molecule has 1 atom stereocenters. The molecule has 0 saturated carbocycles. The van der Waals surface area contributed by atoms with E-state index in [2.05, 4.69) is 30.9 Å². The van der Waals surface area contributed by atoms with Crippen LogP contribution in [0.15, 0.2) is 41.5 Å². The number of fused-ring (bicyclic) bond motifs is 1. The molecule has 28 heavy (non-hydrogen) atoms. The molecule has 2 aromatic rings. The lowest BCUT2D eigenvalue weighted by Gasteiger charge is -2.28. The minimum absolute atomic E-state index is 0.0657. The van der Waals surface area contributed by atoms with Crippen LogP contribution in [0.2, 0.25) is 0 Å². The van der Waals surface area contributed by atoms with Crippen molar-refractivity contribution in [2.75, 3.05) is 32.1 Å². The van der Waals surface area contributed by atoms with E-state index in [1.807, 2.05) is 24.3 Å². The van der Waals surface area contributed by atoms with Crippen LogP contribution in [0.3, 0.4) is 0 Å². The van der Waals surface area contributed by atoms with Gasteiger partial charge in [-0.2, -0.15) is 13.2 Å². The van der Waals surface area contributed by atoms with Crippen LogP contribution in [-0.4, -0.2) is 42.7 Å². The van der Waals surface area contributed by atoms with Crippen LogP contribution >= 0.6 is 0 Å². The average Bonchev–Trinajstić information content (AvgIpc) is 2.70. The second-order valence-corrected chi connectivity index (χ2v) is 6.06. The van der Waals surface area contributed by atoms with Crippen molar-refractivity contribution in [3.8, 4) is 5.75 Å². The van der Waals surface area contributed by atoms with Gasteiger partial charge in [0.25, 0.3) is 0 Å². The fraction of sp³-hybridized carbons (Fsp3) is 0.389. The third-order valence-electron chi connectivity index (χ3n) is 4.14. The minimum Gasteiger partial charge on any atom is -0.493 e. The highest BCUT2D eigenvalue weighted by molar-refractivity contribution is 5.80. The van der Waals surface area contributed by atoms with Gasteiger partial charge in [0.05, 0.1) is 12.6 Å². The molecule has 1 unspecified atom stereocenters. The maximum atomic E-state index is 12.7. The quantitative estimate of drug-likeness (QED) is 0.411. The molecule has 7 nitrogen and oxygen atoms in total. The number of hydrogen-bond donors (Lipinski definition) is 3. The van der Waals surface area contributed by atoms with E-state index in [-0.39, 0.29) is 12.0 Å². The van der Waals surface area contributed by atoms with E-state index in [1.54, 1.807) is 7.05 Å². The van der Waals surface area contributed by atoms with E-state index in [0.29, 0.717) is 25.7 Å². The Kier molecular flexibility index (Phi) is 6.17. The van der Waals surface area contributed by atoms with Crippen LogP contribution in [0, 0.1) is 0 Å². The number of benzene rings is 1. The largest absolute Gasteiger partial charge is 0.493 e. The van der Waals surface area contributed by atoms with Crippen LogP contribution in [0.5, 0.6) is 5.75 Å². The van der Waals surface area contributed by atoms with Gasteiger partial charge >= 0.3 is 6.18 Å². The minimum atomic E-state index is -4.50. The van der Waals surface area contributed by atoms with Gasteiger partial charge in [-0.3, -0.25) is 4.99 Å². The van der Waals surface area contributed by atoms with Crippen LogP contribution in [0.25, 0.3) is 0 Å². The summed E-state index contributed by atoms with van der Waals surface area (Å²) in [7, 11) is 1.66. The molecule has 2 heterocycles. The van der Waals surface area contributed by atoms with Crippen molar-refractivity contribution in [3.05, 3.63) is 47.8 Å². The highest BCUT2D eigenvalue weighted by atomic mass is 19.4. The molecule has 0 radical (unpaired) electrons. The van der Waals surface area contributed by atoms with Gasteiger partial charge < -0.3 is 20.7 Å². The first-order chi connectivity index (χ1) is 13.5. The molecule has 1 aromatic heterocycles. The molecular formula is C18H21F3N6O. The Morgan fingerprint density at radius 3 is 2.86 bits per heavy atom. The van der Waals surface area contributed by atoms with Gasteiger partial charge in [0.1, 0.15) is 11.4 Å². The normalized spacial score (nSPS) is 16.7. The van der Waals surface area contributed by atoms with E-state index in [9.17, 15) is 13.2 Å². The van der Waals surface area contributed by atoms with E-state index in [1.165, 1.54) is 0 Å². The highest BCUT2D eigenvalue weighted by Gasteiger charge is 2.32. The number of nitrogens with zero attached hydrogens (tertiary/aromatic N) is 3. The molecule has 0 bridgehead atoms. The monoisotopic (exact) mass is 394 g/mol. The zero-order chi connectivity index (χ0) is 20.0. The number of hydrogen-bond acceptors (Lipinski definition) is 5. The first kappa shape index (κ1) is 19.7. The highest BCUT2D eigenvalue weighted by Crippen LogP contribution is 2.31.